The standard InChI is InChI=1S/C14H17ClN2O2/c15-11-1-2-12-10(5-11)6-13(19-12)14(18)17-4-3-9(7-16)8-17/h1-2,5,9,13H,3-4,6-8,16H2/t9-,13+/m1/s1. The van der Waals surface area contributed by atoms with E-state index in [9.17, 15) is 4.79 Å². The minimum absolute atomic E-state index is 0.0725. The van der Waals surface area contributed by atoms with Crippen LogP contribution in [0.25, 0.3) is 0 Å². The number of rotatable bonds is 2. The summed E-state index contributed by atoms with van der Waals surface area (Å²) in [5, 5.41) is 0.680. The molecule has 1 amide bonds. The highest BCUT2D eigenvalue weighted by atomic mass is 35.5. The summed E-state index contributed by atoms with van der Waals surface area (Å²) in [6.07, 6.45) is 1.21. The van der Waals surface area contributed by atoms with Gasteiger partial charge in [0.1, 0.15) is 5.75 Å². The highest BCUT2D eigenvalue weighted by Crippen LogP contribution is 2.32. The Labute approximate surface area is 117 Å². The lowest BCUT2D eigenvalue weighted by Gasteiger charge is -2.20. The van der Waals surface area contributed by atoms with Crippen molar-refractivity contribution >= 4 is 17.5 Å². The van der Waals surface area contributed by atoms with E-state index in [2.05, 4.69) is 0 Å². The molecule has 102 valence electrons. The molecule has 1 saturated heterocycles. The lowest BCUT2D eigenvalue weighted by Crippen LogP contribution is -2.40. The molecule has 0 bridgehead atoms. The van der Waals surface area contributed by atoms with Crippen LogP contribution in [-0.4, -0.2) is 36.5 Å². The summed E-state index contributed by atoms with van der Waals surface area (Å²) in [6.45, 7) is 2.19. The SMILES string of the molecule is NC[C@H]1CCN(C(=O)[C@@H]2Cc3cc(Cl)ccc3O2)C1. The van der Waals surface area contributed by atoms with Gasteiger partial charge in [0, 0.05) is 24.5 Å². The van der Waals surface area contributed by atoms with E-state index in [0.717, 1.165) is 30.8 Å². The van der Waals surface area contributed by atoms with E-state index in [0.29, 0.717) is 23.9 Å². The van der Waals surface area contributed by atoms with E-state index >= 15 is 0 Å². The number of hydrogen-bond acceptors (Lipinski definition) is 3. The van der Waals surface area contributed by atoms with Crippen molar-refractivity contribution in [2.75, 3.05) is 19.6 Å². The normalized spacial score (nSPS) is 25.3. The van der Waals surface area contributed by atoms with Gasteiger partial charge in [0.15, 0.2) is 6.10 Å². The molecule has 2 aliphatic rings. The second-order valence-corrected chi connectivity index (χ2v) is 5.67. The van der Waals surface area contributed by atoms with Gasteiger partial charge in [-0.1, -0.05) is 11.6 Å². The Morgan fingerprint density at radius 2 is 2.37 bits per heavy atom. The molecular weight excluding hydrogens is 264 g/mol. The quantitative estimate of drug-likeness (QED) is 0.892. The van der Waals surface area contributed by atoms with Gasteiger partial charge >= 0.3 is 0 Å². The Bertz CT molecular complexity index is 506. The second kappa shape index (κ2) is 5.02. The average molecular weight is 281 g/mol. The topological polar surface area (TPSA) is 55.6 Å². The van der Waals surface area contributed by atoms with Crippen LogP contribution in [0.4, 0.5) is 0 Å². The smallest absolute Gasteiger partial charge is 0.264 e. The van der Waals surface area contributed by atoms with Crippen LogP contribution < -0.4 is 10.5 Å². The molecule has 3 rings (SSSR count). The largest absolute Gasteiger partial charge is 0.480 e. The molecule has 2 atom stereocenters. The number of fused-ring (bicyclic) bond motifs is 1. The van der Waals surface area contributed by atoms with Crippen LogP contribution in [0.3, 0.4) is 0 Å². The van der Waals surface area contributed by atoms with Crippen molar-refractivity contribution in [1.29, 1.82) is 0 Å². The number of halogens is 1. The summed E-state index contributed by atoms with van der Waals surface area (Å²) in [5.74, 6) is 1.28. The minimum Gasteiger partial charge on any atom is -0.480 e. The van der Waals surface area contributed by atoms with Crippen molar-refractivity contribution in [2.24, 2.45) is 11.7 Å². The molecule has 0 aliphatic carbocycles. The summed E-state index contributed by atoms with van der Waals surface area (Å²) in [7, 11) is 0. The second-order valence-electron chi connectivity index (χ2n) is 5.24. The molecule has 1 fully saturated rings. The highest BCUT2D eigenvalue weighted by Gasteiger charge is 2.35. The molecule has 4 nitrogen and oxygen atoms in total. The number of nitrogens with two attached hydrogens (primary N) is 1. The van der Waals surface area contributed by atoms with Gasteiger partial charge in [-0.05, 0) is 42.6 Å². The first kappa shape index (κ1) is 12.8. The molecule has 2 N–H and O–H groups in total. The van der Waals surface area contributed by atoms with E-state index in [1.165, 1.54) is 0 Å². The van der Waals surface area contributed by atoms with Crippen LogP contribution in [0, 0.1) is 5.92 Å². The molecule has 0 radical (unpaired) electrons. The third-order valence-corrected chi connectivity index (χ3v) is 4.14. The Morgan fingerprint density at radius 3 is 3.11 bits per heavy atom. The number of ether oxygens (including phenoxy) is 1. The molecule has 1 aromatic carbocycles. The molecule has 1 aromatic rings. The monoisotopic (exact) mass is 280 g/mol. The molecular formula is C14H17ClN2O2. The van der Waals surface area contributed by atoms with Crippen molar-refractivity contribution in [3.8, 4) is 5.75 Å². The first-order chi connectivity index (χ1) is 9.17. The minimum atomic E-state index is -0.398. The predicted octanol–water partition coefficient (Wildman–Crippen LogP) is 1.45. The average Bonchev–Trinajstić information content (AvgIpc) is 3.03. The molecule has 0 unspecified atom stereocenters. The molecule has 2 heterocycles. The van der Waals surface area contributed by atoms with Crippen LogP contribution in [0.1, 0.15) is 12.0 Å². The third-order valence-electron chi connectivity index (χ3n) is 3.90. The number of benzene rings is 1. The summed E-state index contributed by atoms with van der Waals surface area (Å²) >= 11 is 5.95. The fraction of sp³-hybridized carbons (Fsp3) is 0.500. The Hall–Kier alpha value is -1.26. The first-order valence-electron chi connectivity index (χ1n) is 6.61. The molecule has 0 spiro atoms. The van der Waals surface area contributed by atoms with Gasteiger partial charge in [0.2, 0.25) is 0 Å². The maximum atomic E-state index is 12.4. The fourth-order valence-electron chi connectivity index (χ4n) is 2.78. The van der Waals surface area contributed by atoms with E-state index in [1.807, 2.05) is 17.0 Å². The van der Waals surface area contributed by atoms with Gasteiger partial charge in [0.05, 0.1) is 0 Å². The predicted molar refractivity (Wildman–Crippen MR) is 73.3 cm³/mol. The van der Waals surface area contributed by atoms with Crippen LogP contribution >= 0.6 is 11.6 Å². The van der Waals surface area contributed by atoms with Crippen LogP contribution in [0.15, 0.2) is 18.2 Å². The van der Waals surface area contributed by atoms with Crippen LogP contribution in [0.5, 0.6) is 5.75 Å². The zero-order valence-corrected chi connectivity index (χ0v) is 11.4. The lowest BCUT2D eigenvalue weighted by molar-refractivity contribution is -0.136. The number of hydrogen-bond donors (Lipinski definition) is 1. The van der Waals surface area contributed by atoms with Gasteiger partial charge in [-0.15, -0.1) is 0 Å². The van der Waals surface area contributed by atoms with E-state index in [-0.39, 0.29) is 5.91 Å². The lowest BCUT2D eigenvalue weighted by atomic mass is 10.1. The van der Waals surface area contributed by atoms with Crippen molar-refractivity contribution in [1.82, 2.24) is 4.90 Å². The summed E-state index contributed by atoms with van der Waals surface area (Å²) < 4.78 is 5.72. The van der Waals surface area contributed by atoms with E-state index < -0.39 is 6.10 Å². The summed E-state index contributed by atoms with van der Waals surface area (Å²) in [5.41, 5.74) is 6.67. The fourth-order valence-corrected chi connectivity index (χ4v) is 2.98. The summed E-state index contributed by atoms with van der Waals surface area (Å²) in [6, 6.07) is 5.49. The number of likely N-dealkylation sites (tertiary alicyclic amines) is 1. The van der Waals surface area contributed by atoms with Crippen molar-refractivity contribution in [2.45, 2.75) is 18.9 Å². The number of amides is 1. The Balaban J connectivity index is 1.68. The Kier molecular flexibility index (Phi) is 3.37. The van der Waals surface area contributed by atoms with Gasteiger partial charge in [0.25, 0.3) is 5.91 Å². The maximum Gasteiger partial charge on any atom is 0.264 e. The number of carbonyl (C=O) groups is 1. The first-order valence-corrected chi connectivity index (χ1v) is 6.99. The highest BCUT2D eigenvalue weighted by molar-refractivity contribution is 6.30. The van der Waals surface area contributed by atoms with Gasteiger partial charge in [-0.2, -0.15) is 0 Å². The van der Waals surface area contributed by atoms with Gasteiger partial charge < -0.3 is 15.4 Å². The van der Waals surface area contributed by atoms with Gasteiger partial charge in [-0.3, -0.25) is 4.79 Å². The van der Waals surface area contributed by atoms with Gasteiger partial charge in [-0.25, -0.2) is 0 Å². The van der Waals surface area contributed by atoms with Crippen molar-refractivity contribution in [3.63, 3.8) is 0 Å². The van der Waals surface area contributed by atoms with E-state index in [4.69, 9.17) is 22.1 Å². The maximum absolute atomic E-state index is 12.4. The zero-order chi connectivity index (χ0) is 13.4. The molecule has 5 heteroatoms. The molecule has 2 aliphatic heterocycles. The number of nitrogens with zero attached hydrogens (tertiary/aromatic N) is 1. The zero-order valence-electron chi connectivity index (χ0n) is 10.6. The van der Waals surface area contributed by atoms with E-state index in [1.54, 1.807) is 6.07 Å². The third kappa shape index (κ3) is 2.42. The molecule has 19 heavy (non-hydrogen) atoms. The van der Waals surface area contributed by atoms with Crippen LogP contribution in [-0.2, 0) is 11.2 Å². The van der Waals surface area contributed by atoms with Crippen LogP contribution in [0.2, 0.25) is 5.02 Å². The van der Waals surface area contributed by atoms with Crippen molar-refractivity contribution in [3.05, 3.63) is 28.8 Å². The number of carbonyl (C=O) groups excluding carboxylic acids is 1. The summed E-state index contributed by atoms with van der Waals surface area (Å²) in [4.78, 5) is 14.3. The molecule has 0 aromatic heterocycles. The Morgan fingerprint density at radius 1 is 1.53 bits per heavy atom. The van der Waals surface area contributed by atoms with Crippen molar-refractivity contribution < 1.29 is 9.53 Å². The molecule has 0 saturated carbocycles.